The zero-order valence-electron chi connectivity index (χ0n) is 8.87. The predicted molar refractivity (Wildman–Crippen MR) is 49.0 cm³/mol. The van der Waals surface area contributed by atoms with Crippen LogP contribution in [0.1, 0.15) is 33.6 Å². The van der Waals surface area contributed by atoms with Gasteiger partial charge in [0.05, 0.1) is 6.61 Å². The summed E-state index contributed by atoms with van der Waals surface area (Å²) in [5.74, 6) is 0. The van der Waals surface area contributed by atoms with Crippen molar-refractivity contribution in [2.45, 2.75) is 45.5 Å². The van der Waals surface area contributed by atoms with Crippen molar-refractivity contribution in [1.29, 1.82) is 0 Å². The van der Waals surface area contributed by atoms with Crippen LogP contribution < -0.4 is 5.32 Å². The Balaban J connectivity index is 3.54. The van der Waals surface area contributed by atoms with Crippen molar-refractivity contribution in [2.75, 3.05) is 13.2 Å². The van der Waals surface area contributed by atoms with E-state index in [0.717, 1.165) is 12.8 Å². The van der Waals surface area contributed by atoms with Crippen LogP contribution >= 0.6 is 0 Å². The minimum absolute atomic E-state index is 0.121. The molecular formula is C9H18F3NO. The third-order valence-electron chi connectivity index (χ3n) is 1.85. The van der Waals surface area contributed by atoms with Crippen molar-refractivity contribution in [3.05, 3.63) is 0 Å². The van der Waals surface area contributed by atoms with Crippen LogP contribution in [-0.2, 0) is 4.74 Å². The van der Waals surface area contributed by atoms with Gasteiger partial charge in [-0.15, -0.1) is 13.2 Å². The lowest BCUT2D eigenvalue weighted by molar-refractivity contribution is -0.323. The molecule has 0 aliphatic rings. The van der Waals surface area contributed by atoms with Gasteiger partial charge < -0.3 is 5.32 Å². The van der Waals surface area contributed by atoms with Gasteiger partial charge in [-0.2, -0.15) is 0 Å². The second kappa shape index (κ2) is 5.56. The molecule has 0 aliphatic carbocycles. The molecule has 0 bridgehead atoms. The molecule has 1 N–H and O–H groups in total. The zero-order chi connectivity index (χ0) is 11.2. The van der Waals surface area contributed by atoms with Crippen LogP contribution in [0.3, 0.4) is 0 Å². The van der Waals surface area contributed by atoms with Gasteiger partial charge in [-0.1, -0.05) is 13.3 Å². The molecule has 0 aliphatic heterocycles. The maximum absolute atomic E-state index is 11.6. The maximum atomic E-state index is 11.6. The second-order valence-corrected chi connectivity index (χ2v) is 3.85. The van der Waals surface area contributed by atoms with Crippen molar-refractivity contribution in [3.8, 4) is 0 Å². The molecule has 0 spiro atoms. The fourth-order valence-corrected chi connectivity index (χ4v) is 1.27. The molecule has 0 heterocycles. The first kappa shape index (κ1) is 13.7. The molecule has 2 nitrogen and oxygen atoms in total. The summed E-state index contributed by atoms with van der Waals surface area (Å²) in [7, 11) is 0. The Morgan fingerprint density at radius 2 is 1.79 bits per heavy atom. The highest BCUT2D eigenvalue weighted by Crippen LogP contribution is 2.15. The standard InChI is InChI=1S/C9H18F3NO/c1-4-5-8(2,3)13-6-7-14-9(10,11)12/h13H,4-7H2,1-3H3. The van der Waals surface area contributed by atoms with Crippen LogP contribution in [0.2, 0.25) is 0 Å². The number of ether oxygens (including phenoxy) is 1. The van der Waals surface area contributed by atoms with Gasteiger partial charge in [-0.3, -0.25) is 4.74 Å². The summed E-state index contributed by atoms with van der Waals surface area (Å²) < 4.78 is 38.4. The minimum Gasteiger partial charge on any atom is -0.309 e. The monoisotopic (exact) mass is 213 g/mol. The highest BCUT2D eigenvalue weighted by atomic mass is 19.4. The van der Waals surface area contributed by atoms with E-state index in [2.05, 4.69) is 10.1 Å². The van der Waals surface area contributed by atoms with Crippen LogP contribution in [0.25, 0.3) is 0 Å². The van der Waals surface area contributed by atoms with Crippen LogP contribution in [0.4, 0.5) is 13.2 Å². The van der Waals surface area contributed by atoms with E-state index in [9.17, 15) is 13.2 Å². The van der Waals surface area contributed by atoms with Crippen LogP contribution in [0, 0.1) is 0 Å². The van der Waals surface area contributed by atoms with Crippen molar-refractivity contribution in [1.82, 2.24) is 5.32 Å². The largest absolute Gasteiger partial charge is 0.522 e. The average molecular weight is 213 g/mol. The Bertz CT molecular complexity index is 157. The molecule has 0 unspecified atom stereocenters. The summed E-state index contributed by atoms with van der Waals surface area (Å²) in [6.07, 6.45) is -2.59. The Labute approximate surface area is 82.8 Å². The first-order chi connectivity index (χ1) is 6.27. The molecule has 86 valence electrons. The lowest BCUT2D eigenvalue weighted by Crippen LogP contribution is -2.41. The van der Waals surface area contributed by atoms with E-state index in [1.165, 1.54) is 0 Å². The van der Waals surface area contributed by atoms with Crippen LogP contribution in [-0.4, -0.2) is 25.1 Å². The first-order valence-corrected chi connectivity index (χ1v) is 4.72. The normalized spacial score (nSPS) is 13.3. The fourth-order valence-electron chi connectivity index (χ4n) is 1.27. The fraction of sp³-hybridized carbons (Fsp3) is 1.00. The van der Waals surface area contributed by atoms with Crippen molar-refractivity contribution in [2.24, 2.45) is 0 Å². The maximum Gasteiger partial charge on any atom is 0.522 e. The summed E-state index contributed by atoms with van der Waals surface area (Å²) in [5.41, 5.74) is -0.121. The number of hydrogen-bond acceptors (Lipinski definition) is 2. The lowest BCUT2D eigenvalue weighted by atomic mass is 9.99. The lowest BCUT2D eigenvalue weighted by Gasteiger charge is -2.25. The molecule has 0 radical (unpaired) electrons. The van der Waals surface area contributed by atoms with Gasteiger partial charge in [-0.25, -0.2) is 0 Å². The molecule has 0 aromatic heterocycles. The molecule has 0 aromatic rings. The Kier molecular flexibility index (Phi) is 5.44. The SMILES string of the molecule is CCCC(C)(C)NCCOC(F)(F)F. The van der Waals surface area contributed by atoms with Crippen molar-refractivity contribution >= 4 is 0 Å². The number of alkyl halides is 3. The van der Waals surface area contributed by atoms with Crippen molar-refractivity contribution in [3.63, 3.8) is 0 Å². The van der Waals surface area contributed by atoms with Gasteiger partial charge in [0.25, 0.3) is 0 Å². The summed E-state index contributed by atoms with van der Waals surface area (Å²) in [6, 6.07) is 0. The molecule has 0 saturated heterocycles. The van der Waals surface area contributed by atoms with Gasteiger partial charge in [0, 0.05) is 12.1 Å². The van der Waals surface area contributed by atoms with E-state index < -0.39 is 6.36 Å². The smallest absolute Gasteiger partial charge is 0.309 e. The first-order valence-electron chi connectivity index (χ1n) is 4.72. The average Bonchev–Trinajstić information content (AvgIpc) is 1.96. The quantitative estimate of drug-likeness (QED) is 0.685. The number of rotatable bonds is 6. The Hall–Kier alpha value is -0.290. The molecule has 0 saturated carbocycles. The van der Waals surface area contributed by atoms with E-state index >= 15 is 0 Å². The molecule has 14 heavy (non-hydrogen) atoms. The van der Waals surface area contributed by atoms with Gasteiger partial charge in [0.2, 0.25) is 0 Å². The molecular weight excluding hydrogens is 195 g/mol. The van der Waals surface area contributed by atoms with Crippen LogP contribution in [0.5, 0.6) is 0 Å². The molecule has 0 aromatic carbocycles. The van der Waals surface area contributed by atoms with Gasteiger partial charge >= 0.3 is 6.36 Å². The predicted octanol–water partition coefficient (Wildman–Crippen LogP) is 2.69. The van der Waals surface area contributed by atoms with Gasteiger partial charge in [0.15, 0.2) is 0 Å². The van der Waals surface area contributed by atoms with Gasteiger partial charge in [0.1, 0.15) is 0 Å². The topological polar surface area (TPSA) is 21.3 Å². The molecule has 0 amide bonds. The Morgan fingerprint density at radius 3 is 2.21 bits per heavy atom. The summed E-state index contributed by atoms with van der Waals surface area (Å²) in [4.78, 5) is 0. The summed E-state index contributed by atoms with van der Waals surface area (Å²) >= 11 is 0. The molecule has 0 atom stereocenters. The summed E-state index contributed by atoms with van der Waals surface area (Å²) in [5, 5.41) is 3.01. The van der Waals surface area contributed by atoms with Crippen molar-refractivity contribution < 1.29 is 17.9 Å². The third-order valence-corrected chi connectivity index (χ3v) is 1.85. The zero-order valence-corrected chi connectivity index (χ0v) is 8.87. The molecule has 5 heteroatoms. The van der Waals surface area contributed by atoms with E-state index in [1.54, 1.807) is 0 Å². The number of halogens is 3. The number of nitrogens with one attached hydrogen (secondary N) is 1. The number of hydrogen-bond donors (Lipinski definition) is 1. The van der Waals surface area contributed by atoms with E-state index in [4.69, 9.17) is 0 Å². The molecule has 0 fully saturated rings. The summed E-state index contributed by atoms with van der Waals surface area (Å²) in [6.45, 7) is 5.84. The highest BCUT2D eigenvalue weighted by molar-refractivity contribution is 4.76. The third kappa shape index (κ3) is 8.31. The van der Waals surface area contributed by atoms with E-state index in [0.29, 0.717) is 0 Å². The highest BCUT2D eigenvalue weighted by Gasteiger charge is 2.28. The van der Waals surface area contributed by atoms with E-state index in [-0.39, 0.29) is 18.7 Å². The van der Waals surface area contributed by atoms with Gasteiger partial charge in [-0.05, 0) is 20.3 Å². The molecule has 0 rings (SSSR count). The van der Waals surface area contributed by atoms with Crippen LogP contribution in [0.15, 0.2) is 0 Å². The Morgan fingerprint density at radius 1 is 1.21 bits per heavy atom. The minimum atomic E-state index is -4.52. The van der Waals surface area contributed by atoms with E-state index in [1.807, 2.05) is 20.8 Å². The second-order valence-electron chi connectivity index (χ2n) is 3.85.